The van der Waals surface area contributed by atoms with Crippen molar-refractivity contribution in [3.63, 3.8) is 0 Å². The summed E-state index contributed by atoms with van der Waals surface area (Å²) < 4.78 is 15.2. The predicted molar refractivity (Wildman–Crippen MR) is 85.1 cm³/mol. The van der Waals surface area contributed by atoms with Crippen molar-refractivity contribution < 1.29 is 9.18 Å². The number of hydrogen-bond acceptors (Lipinski definition) is 1. The third-order valence-electron chi connectivity index (χ3n) is 3.61. The van der Waals surface area contributed by atoms with Crippen LogP contribution < -0.4 is 5.32 Å². The van der Waals surface area contributed by atoms with Crippen LogP contribution in [-0.4, -0.2) is 17.0 Å². The summed E-state index contributed by atoms with van der Waals surface area (Å²) in [6.07, 6.45) is 2.22. The molecule has 0 spiro atoms. The van der Waals surface area contributed by atoms with Crippen molar-refractivity contribution in [1.82, 2.24) is 9.88 Å². The fourth-order valence-electron chi connectivity index (χ4n) is 2.55. The van der Waals surface area contributed by atoms with Gasteiger partial charge in [0.15, 0.2) is 0 Å². The van der Waals surface area contributed by atoms with Crippen molar-refractivity contribution >= 4 is 16.8 Å². The second-order valence-corrected chi connectivity index (χ2v) is 5.22. The van der Waals surface area contributed by atoms with E-state index in [1.165, 1.54) is 17.5 Å². The molecule has 4 heteroatoms. The van der Waals surface area contributed by atoms with Gasteiger partial charge < -0.3 is 9.88 Å². The van der Waals surface area contributed by atoms with Crippen LogP contribution >= 0.6 is 0 Å². The first kappa shape index (κ1) is 14.3. The minimum absolute atomic E-state index is 0.0953. The maximum absolute atomic E-state index is 13.1. The standard InChI is InChI=1S/C18H17FN2O/c19-16-6-3-4-14(12-16)13-18(22)20-9-11-21-10-8-15-5-1-2-7-17(15)21/h1-8,10,12H,9,11,13H2,(H,20,22). The van der Waals surface area contributed by atoms with Gasteiger partial charge in [-0.25, -0.2) is 4.39 Å². The molecule has 0 fully saturated rings. The molecular formula is C18H17FN2O. The van der Waals surface area contributed by atoms with Crippen LogP contribution in [0.15, 0.2) is 60.8 Å². The molecule has 0 unspecified atom stereocenters. The summed E-state index contributed by atoms with van der Waals surface area (Å²) in [5.74, 6) is -0.411. The molecule has 0 atom stereocenters. The number of aromatic nitrogens is 1. The summed E-state index contributed by atoms with van der Waals surface area (Å²) in [5.41, 5.74) is 1.84. The smallest absolute Gasteiger partial charge is 0.224 e. The fraction of sp³-hybridized carbons (Fsp3) is 0.167. The molecule has 22 heavy (non-hydrogen) atoms. The summed E-state index contributed by atoms with van der Waals surface area (Å²) in [6.45, 7) is 1.26. The molecule has 3 aromatic rings. The van der Waals surface area contributed by atoms with Gasteiger partial charge in [0.05, 0.1) is 6.42 Å². The Kier molecular flexibility index (Phi) is 4.19. The Morgan fingerprint density at radius 3 is 2.82 bits per heavy atom. The van der Waals surface area contributed by atoms with E-state index in [1.54, 1.807) is 12.1 Å². The van der Waals surface area contributed by atoms with Crippen LogP contribution in [0.2, 0.25) is 0 Å². The largest absolute Gasteiger partial charge is 0.354 e. The van der Waals surface area contributed by atoms with Gasteiger partial charge in [-0.2, -0.15) is 0 Å². The molecule has 3 nitrogen and oxygen atoms in total. The number of rotatable bonds is 5. The molecule has 1 aromatic heterocycles. The van der Waals surface area contributed by atoms with Crippen molar-refractivity contribution in [2.24, 2.45) is 0 Å². The number of nitrogens with zero attached hydrogens (tertiary/aromatic N) is 1. The van der Waals surface area contributed by atoms with Crippen molar-refractivity contribution in [3.05, 3.63) is 72.2 Å². The molecule has 2 aromatic carbocycles. The monoisotopic (exact) mass is 296 g/mol. The van der Waals surface area contributed by atoms with Gasteiger partial charge in [0.2, 0.25) is 5.91 Å². The van der Waals surface area contributed by atoms with Crippen LogP contribution in [0.25, 0.3) is 10.9 Å². The third kappa shape index (κ3) is 3.34. The molecule has 0 saturated carbocycles. The highest BCUT2D eigenvalue weighted by molar-refractivity contribution is 5.80. The van der Waals surface area contributed by atoms with E-state index < -0.39 is 0 Å². The maximum atomic E-state index is 13.1. The SMILES string of the molecule is O=C(Cc1cccc(F)c1)NCCn1ccc2ccccc21. The molecule has 0 aliphatic heterocycles. The van der Waals surface area contributed by atoms with Crippen LogP contribution in [0, 0.1) is 5.82 Å². The maximum Gasteiger partial charge on any atom is 0.224 e. The van der Waals surface area contributed by atoms with Gasteiger partial charge in [-0.05, 0) is 35.2 Å². The molecule has 0 radical (unpaired) electrons. The molecular weight excluding hydrogens is 279 g/mol. The summed E-state index contributed by atoms with van der Waals surface area (Å²) in [5, 5.41) is 4.06. The highest BCUT2D eigenvalue weighted by Crippen LogP contribution is 2.14. The van der Waals surface area contributed by atoms with Gasteiger partial charge in [0.25, 0.3) is 0 Å². The Morgan fingerprint density at radius 2 is 1.95 bits per heavy atom. The van der Waals surface area contributed by atoms with Gasteiger partial charge in [-0.3, -0.25) is 4.79 Å². The van der Waals surface area contributed by atoms with Crippen molar-refractivity contribution in [1.29, 1.82) is 0 Å². The van der Waals surface area contributed by atoms with Crippen molar-refractivity contribution in [3.8, 4) is 0 Å². The second-order valence-electron chi connectivity index (χ2n) is 5.22. The third-order valence-corrected chi connectivity index (χ3v) is 3.61. The van der Waals surface area contributed by atoms with E-state index in [-0.39, 0.29) is 18.1 Å². The lowest BCUT2D eigenvalue weighted by atomic mass is 10.1. The lowest BCUT2D eigenvalue weighted by Crippen LogP contribution is -2.28. The zero-order chi connectivity index (χ0) is 15.4. The number of halogens is 1. The first-order valence-electron chi connectivity index (χ1n) is 7.27. The van der Waals surface area contributed by atoms with Gasteiger partial charge in [0, 0.05) is 24.8 Å². The fourth-order valence-corrected chi connectivity index (χ4v) is 2.55. The Balaban J connectivity index is 1.53. The van der Waals surface area contributed by atoms with Crippen LogP contribution in [0.5, 0.6) is 0 Å². The number of carbonyl (C=O) groups excluding carboxylic acids is 1. The minimum Gasteiger partial charge on any atom is -0.354 e. The number of amides is 1. The zero-order valence-electron chi connectivity index (χ0n) is 12.1. The number of benzene rings is 2. The van der Waals surface area contributed by atoms with Crippen LogP contribution in [0.3, 0.4) is 0 Å². The summed E-state index contributed by atoms with van der Waals surface area (Å²) in [4.78, 5) is 11.9. The predicted octanol–water partition coefficient (Wildman–Crippen LogP) is 3.14. The van der Waals surface area contributed by atoms with E-state index in [4.69, 9.17) is 0 Å². The average Bonchev–Trinajstić information content (AvgIpc) is 2.91. The lowest BCUT2D eigenvalue weighted by Gasteiger charge is -2.08. The van der Waals surface area contributed by atoms with E-state index in [2.05, 4.69) is 28.1 Å². The Labute approximate surface area is 128 Å². The highest BCUT2D eigenvalue weighted by Gasteiger charge is 2.04. The molecule has 0 aliphatic carbocycles. The number of carbonyl (C=O) groups is 1. The van der Waals surface area contributed by atoms with Crippen LogP contribution in [0.4, 0.5) is 4.39 Å². The first-order valence-corrected chi connectivity index (χ1v) is 7.27. The first-order chi connectivity index (χ1) is 10.7. The van der Waals surface area contributed by atoms with E-state index in [0.717, 1.165) is 5.52 Å². The Morgan fingerprint density at radius 1 is 1.09 bits per heavy atom. The van der Waals surface area contributed by atoms with E-state index in [0.29, 0.717) is 18.7 Å². The molecule has 0 bridgehead atoms. The second kappa shape index (κ2) is 6.43. The van der Waals surface area contributed by atoms with Gasteiger partial charge in [-0.15, -0.1) is 0 Å². The van der Waals surface area contributed by atoms with Crippen LogP contribution in [0.1, 0.15) is 5.56 Å². The Bertz CT molecular complexity index is 794. The molecule has 0 saturated heterocycles. The van der Waals surface area contributed by atoms with Crippen molar-refractivity contribution in [2.75, 3.05) is 6.54 Å². The quantitative estimate of drug-likeness (QED) is 0.771. The zero-order valence-corrected chi connectivity index (χ0v) is 12.1. The summed E-state index contributed by atoms with van der Waals surface area (Å²) >= 11 is 0. The summed E-state index contributed by atoms with van der Waals surface area (Å²) in [7, 11) is 0. The van der Waals surface area contributed by atoms with E-state index >= 15 is 0 Å². The molecule has 0 aliphatic rings. The van der Waals surface area contributed by atoms with Crippen LogP contribution in [-0.2, 0) is 17.8 Å². The lowest BCUT2D eigenvalue weighted by molar-refractivity contribution is -0.120. The molecule has 3 rings (SSSR count). The molecule has 1 amide bonds. The Hall–Kier alpha value is -2.62. The number of para-hydroxylation sites is 1. The summed E-state index contributed by atoms with van der Waals surface area (Å²) in [6, 6.07) is 16.3. The topological polar surface area (TPSA) is 34.0 Å². The average molecular weight is 296 g/mol. The number of nitrogens with one attached hydrogen (secondary N) is 1. The van der Waals surface area contributed by atoms with E-state index in [1.807, 2.05) is 18.3 Å². The molecule has 1 heterocycles. The normalized spacial score (nSPS) is 10.8. The highest BCUT2D eigenvalue weighted by atomic mass is 19.1. The minimum atomic E-state index is -0.316. The molecule has 1 N–H and O–H groups in total. The number of fused-ring (bicyclic) bond motifs is 1. The van der Waals surface area contributed by atoms with Crippen molar-refractivity contribution in [2.45, 2.75) is 13.0 Å². The van der Waals surface area contributed by atoms with Gasteiger partial charge in [-0.1, -0.05) is 30.3 Å². The van der Waals surface area contributed by atoms with Gasteiger partial charge >= 0.3 is 0 Å². The van der Waals surface area contributed by atoms with E-state index in [9.17, 15) is 9.18 Å². The number of hydrogen-bond donors (Lipinski definition) is 1. The molecule has 112 valence electrons. The van der Waals surface area contributed by atoms with Gasteiger partial charge in [0.1, 0.15) is 5.82 Å².